The van der Waals surface area contributed by atoms with Crippen LogP contribution in [-0.4, -0.2) is 39.8 Å². The molecule has 0 fully saturated rings. The number of amides is 1. The van der Waals surface area contributed by atoms with Crippen molar-refractivity contribution in [3.05, 3.63) is 34.6 Å². The molecular formula is C11H12BrN5O2. The number of methoxy groups -OCH3 is 1. The van der Waals surface area contributed by atoms with Crippen LogP contribution in [0.3, 0.4) is 0 Å². The number of nitrogens with one attached hydrogen (secondary N) is 1. The zero-order valence-corrected chi connectivity index (χ0v) is 11.8. The molecule has 19 heavy (non-hydrogen) atoms. The van der Waals surface area contributed by atoms with Crippen molar-refractivity contribution in [3.63, 3.8) is 0 Å². The fraction of sp³-hybridized carbons (Fsp3) is 0.273. The SMILES string of the molecule is COc1cc(Br)cc(C(=O)NCCn2ncnn2)c1. The second-order valence-corrected chi connectivity index (χ2v) is 4.58. The first-order chi connectivity index (χ1) is 9.19. The third-order valence-corrected chi connectivity index (χ3v) is 2.82. The van der Waals surface area contributed by atoms with E-state index in [9.17, 15) is 4.79 Å². The van der Waals surface area contributed by atoms with E-state index < -0.39 is 0 Å². The third-order valence-electron chi connectivity index (χ3n) is 2.36. The number of hydrogen-bond acceptors (Lipinski definition) is 5. The predicted octanol–water partition coefficient (Wildman–Crippen LogP) is 0.874. The van der Waals surface area contributed by atoms with Crippen LogP contribution >= 0.6 is 15.9 Å². The van der Waals surface area contributed by atoms with Crippen LogP contribution in [0.25, 0.3) is 0 Å². The fourth-order valence-corrected chi connectivity index (χ4v) is 1.95. The number of rotatable bonds is 5. The topological polar surface area (TPSA) is 81.9 Å². The van der Waals surface area contributed by atoms with E-state index >= 15 is 0 Å². The Labute approximate surface area is 118 Å². The molecule has 1 N–H and O–H groups in total. The summed E-state index contributed by atoms with van der Waals surface area (Å²) < 4.78 is 5.89. The molecule has 2 aromatic rings. The number of tetrazole rings is 1. The number of ether oxygens (including phenoxy) is 1. The predicted molar refractivity (Wildman–Crippen MR) is 70.8 cm³/mol. The molecule has 1 aromatic heterocycles. The van der Waals surface area contributed by atoms with Crippen molar-refractivity contribution in [2.75, 3.05) is 13.7 Å². The van der Waals surface area contributed by atoms with Gasteiger partial charge in [-0.25, -0.2) is 0 Å². The van der Waals surface area contributed by atoms with Gasteiger partial charge in [-0.1, -0.05) is 15.9 Å². The van der Waals surface area contributed by atoms with Crippen molar-refractivity contribution < 1.29 is 9.53 Å². The molecule has 0 unspecified atom stereocenters. The van der Waals surface area contributed by atoms with E-state index in [1.54, 1.807) is 25.3 Å². The second kappa shape index (κ2) is 6.28. The maximum absolute atomic E-state index is 11.9. The first-order valence-electron chi connectivity index (χ1n) is 5.52. The van der Waals surface area contributed by atoms with Crippen LogP contribution in [0.4, 0.5) is 0 Å². The fourth-order valence-electron chi connectivity index (χ4n) is 1.47. The van der Waals surface area contributed by atoms with Crippen molar-refractivity contribution >= 4 is 21.8 Å². The Hall–Kier alpha value is -1.96. The van der Waals surface area contributed by atoms with E-state index in [1.807, 2.05) is 0 Å². The third kappa shape index (κ3) is 3.75. The van der Waals surface area contributed by atoms with Crippen LogP contribution in [0.1, 0.15) is 10.4 Å². The van der Waals surface area contributed by atoms with Crippen LogP contribution in [-0.2, 0) is 6.54 Å². The molecule has 2 rings (SSSR count). The number of carbonyl (C=O) groups is 1. The minimum Gasteiger partial charge on any atom is -0.497 e. The molecule has 100 valence electrons. The second-order valence-electron chi connectivity index (χ2n) is 3.67. The van der Waals surface area contributed by atoms with E-state index in [1.165, 1.54) is 11.1 Å². The van der Waals surface area contributed by atoms with E-state index in [2.05, 4.69) is 36.7 Å². The summed E-state index contributed by atoms with van der Waals surface area (Å²) in [5, 5.41) is 13.9. The standard InChI is InChI=1S/C11H12BrN5O2/c1-19-10-5-8(4-9(12)6-10)11(18)13-2-3-17-15-7-14-16-17/h4-7H,2-3H2,1H3,(H,13,18). The summed E-state index contributed by atoms with van der Waals surface area (Å²) in [6.07, 6.45) is 1.35. The number of halogens is 1. The molecule has 1 heterocycles. The lowest BCUT2D eigenvalue weighted by Gasteiger charge is -2.07. The Morgan fingerprint density at radius 2 is 2.32 bits per heavy atom. The zero-order chi connectivity index (χ0) is 13.7. The smallest absolute Gasteiger partial charge is 0.251 e. The molecule has 1 amide bonds. The van der Waals surface area contributed by atoms with Gasteiger partial charge in [0.2, 0.25) is 0 Å². The van der Waals surface area contributed by atoms with Gasteiger partial charge in [0.1, 0.15) is 5.75 Å². The summed E-state index contributed by atoms with van der Waals surface area (Å²) in [5.74, 6) is 0.442. The van der Waals surface area contributed by atoms with Crippen LogP contribution in [0.5, 0.6) is 5.75 Å². The first kappa shape index (κ1) is 13.5. The average molecular weight is 326 g/mol. The molecule has 0 saturated carbocycles. The van der Waals surface area contributed by atoms with Gasteiger partial charge in [-0.05, 0) is 23.4 Å². The molecule has 0 aliphatic heterocycles. The first-order valence-corrected chi connectivity index (χ1v) is 6.32. The van der Waals surface area contributed by atoms with Crippen LogP contribution in [0.2, 0.25) is 0 Å². The summed E-state index contributed by atoms with van der Waals surface area (Å²) in [4.78, 5) is 13.3. The quantitative estimate of drug-likeness (QED) is 0.882. The molecule has 0 aliphatic rings. The summed E-state index contributed by atoms with van der Waals surface area (Å²) in [5.41, 5.74) is 0.526. The highest BCUT2D eigenvalue weighted by Crippen LogP contribution is 2.21. The van der Waals surface area contributed by atoms with Crippen molar-refractivity contribution in [1.29, 1.82) is 0 Å². The van der Waals surface area contributed by atoms with Crippen LogP contribution < -0.4 is 10.1 Å². The lowest BCUT2D eigenvalue weighted by atomic mass is 10.2. The minimum atomic E-state index is -0.181. The molecule has 0 bridgehead atoms. The lowest BCUT2D eigenvalue weighted by Crippen LogP contribution is -2.27. The highest BCUT2D eigenvalue weighted by Gasteiger charge is 2.08. The molecule has 0 aliphatic carbocycles. The monoisotopic (exact) mass is 325 g/mol. The highest BCUT2D eigenvalue weighted by molar-refractivity contribution is 9.10. The summed E-state index contributed by atoms with van der Waals surface area (Å²) in [6, 6.07) is 5.19. The molecule has 7 nitrogen and oxygen atoms in total. The molecule has 0 spiro atoms. The lowest BCUT2D eigenvalue weighted by molar-refractivity contribution is 0.0951. The van der Waals surface area contributed by atoms with Gasteiger partial charge in [0.05, 0.1) is 13.7 Å². The molecule has 0 atom stereocenters. The van der Waals surface area contributed by atoms with Gasteiger partial charge in [-0.15, -0.1) is 10.2 Å². The Bertz CT molecular complexity index is 558. The van der Waals surface area contributed by atoms with E-state index in [4.69, 9.17) is 4.74 Å². The minimum absolute atomic E-state index is 0.181. The number of carbonyl (C=O) groups excluding carboxylic acids is 1. The number of nitrogens with zero attached hydrogens (tertiary/aromatic N) is 4. The van der Waals surface area contributed by atoms with E-state index in [0.717, 1.165) is 4.47 Å². The molecule has 0 saturated heterocycles. The van der Waals surface area contributed by atoms with Crippen molar-refractivity contribution in [2.24, 2.45) is 0 Å². The number of benzene rings is 1. The van der Waals surface area contributed by atoms with E-state index in [-0.39, 0.29) is 5.91 Å². The molecular weight excluding hydrogens is 314 g/mol. The van der Waals surface area contributed by atoms with Crippen molar-refractivity contribution in [2.45, 2.75) is 6.54 Å². The maximum Gasteiger partial charge on any atom is 0.251 e. The van der Waals surface area contributed by atoms with Gasteiger partial charge >= 0.3 is 0 Å². The van der Waals surface area contributed by atoms with Gasteiger partial charge < -0.3 is 10.1 Å². The van der Waals surface area contributed by atoms with Gasteiger partial charge in [0.25, 0.3) is 5.91 Å². The van der Waals surface area contributed by atoms with Crippen LogP contribution in [0.15, 0.2) is 29.0 Å². The summed E-state index contributed by atoms with van der Waals surface area (Å²) in [7, 11) is 1.56. The van der Waals surface area contributed by atoms with Crippen LogP contribution in [0, 0.1) is 0 Å². The highest BCUT2D eigenvalue weighted by atomic mass is 79.9. The van der Waals surface area contributed by atoms with Crippen molar-refractivity contribution in [1.82, 2.24) is 25.5 Å². The Kier molecular flexibility index (Phi) is 4.45. The number of hydrogen-bond donors (Lipinski definition) is 1. The normalized spacial score (nSPS) is 10.2. The maximum atomic E-state index is 11.9. The molecule has 8 heteroatoms. The summed E-state index contributed by atoms with van der Waals surface area (Å²) in [6.45, 7) is 0.890. The summed E-state index contributed by atoms with van der Waals surface area (Å²) >= 11 is 3.33. The van der Waals surface area contributed by atoms with Gasteiger partial charge in [-0.3, -0.25) is 4.79 Å². The zero-order valence-electron chi connectivity index (χ0n) is 10.2. The molecule has 1 aromatic carbocycles. The van der Waals surface area contributed by atoms with Gasteiger partial charge in [0, 0.05) is 16.6 Å². The Balaban J connectivity index is 1.94. The largest absolute Gasteiger partial charge is 0.497 e. The van der Waals surface area contributed by atoms with Crippen molar-refractivity contribution in [3.8, 4) is 5.75 Å². The van der Waals surface area contributed by atoms with E-state index in [0.29, 0.717) is 24.4 Å². The van der Waals surface area contributed by atoms with Gasteiger partial charge in [-0.2, -0.15) is 4.80 Å². The Morgan fingerprint density at radius 3 is 3.00 bits per heavy atom. The average Bonchev–Trinajstić information content (AvgIpc) is 2.91. The number of aromatic nitrogens is 4. The Morgan fingerprint density at radius 1 is 1.47 bits per heavy atom. The van der Waals surface area contributed by atoms with Gasteiger partial charge in [0.15, 0.2) is 6.33 Å². The molecule has 0 radical (unpaired) electrons.